The maximum Gasteiger partial charge on any atom is 0.465 e. The van der Waals surface area contributed by atoms with Crippen LogP contribution in [0.5, 0.6) is 0 Å². The number of hydrogen-bond acceptors (Lipinski definition) is 10. The van der Waals surface area contributed by atoms with Crippen LogP contribution < -0.4 is 0 Å². The van der Waals surface area contributed by atoms with E-state index < -0.39 is 97.8 Å². The van der Waals surface area contributed by atoms with E-state index in [-0.39, 0.29) is 25.7 Å². The van der Waals surface area contributed by atoms with Crippen molar-refractivity contribution in [3.63, 3.8) is 0 Å². The van der Waals surface area contributed by atoms with E-state index in [9.17, 15) is 75.5 Å². The quantitative estimate of drug-likeness (QED) is 0.156. The lowest BCUT2D eigenvalue weighted by Crippen LogP contribution is -2.54. The SMILES string of the molecule is O=C(OCC1(COC(=O)C(F)(F)C(F)(F)F)CSC2(CCCCC2OC(=O)C(F)(F)S(=O)(=O)O)SC1)C(F)(F)C(F)(F)F. The molecule has 2 aliphatic rings. The molecule has 0 radical (unpaired) electrons. The average molecular weight is 715 g/mol. The molecule has 9 nitrogen and oxygen atoms in total. The molecule has 0 aromatic carbocycles. The fourth-order valence-electron chi connectivity index (χ4n) is 3.56. The van der Waals surface area contributed by atoms with Crippen LogP contribution in [0.2, 0.25) is 0 Å². The number of rotatable bonds is 9. The minimum Gasteiger partial charge on any atom is -0.460 e. The summed E-state index contributed by atoms with van der Waals surface area (Å²) in [7, 11) is -6.29. The van der Waals surface area contributed by atoms with Gasteiger partial charge < -0.3 is 14.2 Å². The molecular weight excluding hydrogens is 696 g/mol. The Morgan fingerprint density at radius 3 is 1.53 bits per heavy atom. The largest absolute Gasteiger partial charge is 0.465 e. The molecule has 1 spiro atoms. The van der Waals surface area contributed by atoms with Gasteiger partial charge in [0.15, 0.2) is 0 Å². The number of alkyl halides is 12. The van der Waals surface area contributed by atoms with E-state index in [1.165, 1.54) is 0 Å². The lowest BCUT2D eigenvalue weighted by Gasteiger charge is -2.49. The minimum atomic E-state index is -6.46. The van der Waals surface area contributed by atoms with Gasteiger partial charge in [-0.05, 0) is 19.3 Å². The third kappa shape index (κ3) is 7.71. The molecule has 1 aliphatic heterocycles. The van der Waals surface area contributed by atoms with Gasteiger partial charge in [0.1, 0.15) is 19.3 Å². The smallest absolute Gasteiger partial charge is 0.460 e. The lowest BCUT2D eigenvalue weighted by atomic mass is 9.94. The second kappa shape index (κ2) is 12.2. The highest BCUT2D eigenvalue weighted by atomic mass is 32.2. The summed E-state index contributed by atoms with van der Waals surface area (Å²) in [5.74, 6) is -22.8. The molecule has 24 heteroatoms. The highest BCUT2D eigenvalue weighted by Gasteiger charge is 2.67. The molecule has 1 heterocycles. The number of thioether (sulfide) groups is 2. The van der Waals surface area contributed by atoms with Crippen molar-refractivity contribution in [1.82, 2.24) is 0 Å². The molecule has 1 unspecified atom stereocenters. The van der Waals surface area contributed by atoms with E-state index in [1.807, 2.05) is 0 Å². The first-order valence-corrected chi connectivity index (χ1v) is 14.6. The Bertz CT molecular complexity index is 1140. The van der Waals surface area contributed by atoms with E-state index in [4.69, 9.17) is 4.55 Å². The van der Waals surface area contributed by atoms with Gasteiger partial charge in [-0.3, -0.25) is 4.55 Å². The van der Waals surface area contributed by atoms with E-state index >= 15 is 0 Å². The summed E-state index contributed by atoms with van der Waals surface area (Å²) in [6.45, 7) is -3.13. The van der Waals surface area contributed by atoms with Gasteiger partial charge in [-0.1, -0.05) is 6.42 Å². The van der Waals surface area contributed by atoms with Gasteiger partial charge in [-0.2, -0.15) is 61.1 Å². The van der Waals surface area contributed by atoms with Crippen molar-refractivity contribution in [1.29, 1.82) is 0 Å². The number of carbonyl (C=O) groups is 3. The van der Waals surface area contributed by atoms with Crippen LogP contribution in [-0.2, 0) is 38.7 Å². The Morgan fingerprint density at radius 1 is 0.744 bits per heavy atom. The van der Waals surface area contributed by atoms with Crippen LogP contribution in [0.1, 0.15) is 25.7 Å². The zero-order valence-corrected chi connectivity index (χ0v) is 23.2. The third-order valence-corrected chi connectivity index (χ3v) is 11.0. The molecule has 0 amide bonds. The van der Waals surface area contributed by atoms with Gasteiger partial charge in [0.2, 0.25) is 0 Å². The highest BCUT2D eigenvalue weighted by Crippen LogP contribution is 2.57. The Labute approximate surface area is 241 Å². The fraction of sp³-hybridized carbons (Fsp3) is 0.842. The molecule has 0 bridgehead atoms. The normalized spacial score (nSPS) is 21.7. The van der Waals surface area contributed by atoms with E-state index in [0.29, 0.717) is 23.5 Å². The van der Waals surface area contributed by atoms with Gasteiger partial charge >= 0.3 is 57.5 Å². The number of hydrogen-bond donors (Lipinski definition) is 1. The van der Waals surface area contributed by atoms with Crippen LogP contribution in [0.4, 0.5) is 52.7 Å². The number of halogens is 12. The summed E-state index contributed by atoms with van der Waals surface area (Å²) < 4.78 is 197. The molecule has 1 aliphatic carbocycles. The molecule has 2 fully saturated rings. The van der Waals surface area contributed by atoms with E-state index in [1.54, 1.807) is 0 Å². The van der Waals surface area contributed by atoms with Crippen molar-refractivity contribution in [3.8, 4) is 0 Å². The fourth-order valence-corrected chi connectivity index (χ4v) is 7.55. The first-order valence-electron chi connectivity index (χ1n) is 11.2. The van der Waals surface area contributed by atoms with Gasteiger partial charge in [0.05, 0.1) is 9.49 Å². The standard InChI is InChI=1S/C19H18F12O9S3/c20-15(21,18(26,27)28)10(32)38-5-13(6-39-11(33)16(22,23)19(29,30)31)7-41-14(42-8-13)4-2-1-3-9(14)40-12(34)17(24,25)43(35,36)37/h9H,1-8H2,(H,35,36,37). The van der Waals surface area contributed by atoms with E-state index in [2.05, 4.69) is 14.2 Å². The first-order chi connectivity index (χ1) is 19.2. The molecule has 1 atom stereocenters. The molecule has 250 valence electrons. The minimum absolute atomic E-state index is 0.0499. The number of carbonyl (C=O) groups excluding carboxylic acids is 3. The van der Waals surface area contributed by atoms with Crippen molar-refractivity contribution in [2.45, 2.75) is 65.3 Å². The molecule has 2 rings (SSSR count). The predicted molar refractivity (Wildman–Crippen MR) is 119 cm³/mol. The Balaban J connectivity index is 2.33. The number of ether oxygens (including phenoxy) is 3. The lowest BCUT2D eigenvalue weighted by molar-refractivity contribution is -0.282. The monoisotopic (exact) mass is 714 g/mol. The second-order valence-electron chi connectivity index (χ2n) is 9.32. The Kier molecular flexibility index (Phi) is 10.6. The molecule has 1 saturated carbocycles. The van der Waals surface area contributed by atoms with Gasteiger partial charge in [-0.25, -0.2) is 14.4 Å². The average Bonchev–Trinajstić information content (AvgIpc) is 2.86. The van der Waals surface area contributed by atoms with Crippen LogP contribution in [-0.4, -0.2) is 95.2 Å². The molecule has 1 N–H and O–H groups in total. The van der Waals surface area contributed by atoms with Crippen molar-refractivity contribution in [2.24, 2.45) is 5.41 Å². The van der Waals surface area contributed by atoms with Crippen LogP contribution in [0.3, 0.4) is 0 Å². The van der Waals surface area contributed by atoms with Crippen LogP contribution in [0.15, 0.2) is 0 Å². The maximum atomic E-state index is 13.8. The van der Waals surface area contributed by atoms with Crippen molar-refractivity contribution in [3.05, 3.63) is 0 Å². The number of esters is 3. The van der Waals surface area contributed by atoms with Crippen molar-refractivity contribution < 1.29 is 94.2 Å². The topological polar surface area (TPSA) is 133 Å². The summed E-state index contributed by atoms with van der Waals surface area (Å²) in [6.07, 6.45) is -14.3. The van der Waals surface area contributed by atoms with Gasteiger partial charge in [0, 0.05) is 11.5 Å². The summed E-state index contributed by atoms with van der Waals surface area (Å²) in [4.78, 5) is 34.8. The molecule has 0 aromatic rings. The maximum absolute atomic E-state index is 13.8. The van der Waals surface area contributed by atoms with E-state index in [0.717, 1.165) is 0 Å². The highest BCUT2D eigenvalue weighted by molar-refractivity contribution is 8.19. The summed E-state index contributed by atoms with van der Waals surface area (Å²) in [5, 5.41) is -5.42. The Hall–Kier alpha value is -1.82. The summed E-state index contributed by atoms with van der Waals surface area (Å²) in [6, 6.07) is 0. The summed E-state index contributed by atoms with van der Waals surface area (Å²) >= 11 is 1.04. The predicted octanol–water partition coefficient (Wildman–Crippen LogP) is 4.60. The van der Waals surface area contributed by atoms with Crippen molar-refractivity contribution >= 4 is 51.5 Å². The van der Waals surface area contributed by atoms with Gasteiger partial charge in [-0.15, -0.1) is 23.5 Å². The van der Waals surface area contributed by atoms with Crippen LogP contribution >= 0.6 is 23.5 Å². The van der Waals surface area contributed by atoms with Crippen LogP contribution in [0, 0.1) is 5.41 Å². The Morgan fingerprint density at radius 2 is 1.16 bits per heavy atom. The molecule has 43 heavy (non-hydrogen) atoms. The zero-order valence-electron chi connectivity index (χ0n) is 20.7. The van der Waals surface area contributed by atoms with Crippen molar-refractivity contribution in [2.75, 3.05) is 24.7 Å². The van der Waals surface area contributed by atoms with Crippen LogP contribution in [0.25, 0.3) is 0 Å². The third-order valence-electron chi connectivity index (χ3n) is 6.03. The summed E-state index contributed by atoms with van der Waals surface area (Å²) in [5.41, 5.74) is -2.24. The molecular formula is C19H18F12O9S3. The van der Waals surface area contributed by atoms with Gasteiger partial charge in [0.25, 0.3) is 0 Å². The molecule has 0 aromatic heterocycles. The molecule has 1 saturated heterocycles. The first kappa shape index (κ1) is 37.4. The zero-order chi connectivity index (χ0) is 33.5. The second-order valence-corrected chi connectivity index (χ2v) is 13.7.